The minimum Gasteiger partial charge on any atom is -0.389 e. The highest BCUT2D eigenvalue weighted by atomic mass is 79.9. The summed E-state index contributed by atoms with van der Waals surface area (Å²) in [5.41, 5.74) is 4.64. The summed E-state index contributed by atoms with van der Waals surface area (Å²) in [5.74, 6) is -0.915. The number of aliphatic hydroxyl groups is 2. The Bertz CT molecular complexity index is 108. The van der Waals surface area contributed by atoms with E-state index < -0.39 is 18.1 Å². The Morgan fingerprint density at radius 1 is 1.67 bits per heavy atom. The van der Waals surface area contributed by atoms with Gasteiger partial charge in [-0.1, -0.05) is 15.9 Å². The van der Waals surface area contributed by atoms with Gasteiger partial charge in [-0.3, -0.25) is 4.79 Å². The average Bonchev–Trinajstić information content (AvgIpc) is 1.84. The monoisotopic (exact) mass is 197 g/mol. The van der Waals surface area contributed by atoms with Crippen molar-refractivity contribution in [3.63, 3.8) is 0 Å². The van der Waals surface area contributed by atoms with Crippen LogP contribution in [0.5, 0.6) is 0 Å². The van der Waals surface area contributed by atoms with Gasteiger partial charge in [0.15, 0.2) is 6.10 Å². The van der Waals surface area contributed by atoms with Crippen molar-refractivity contribution in [1.29, 1.82) is 0 Å². The van der Waals surface area contributed by atoms with E-state index in [4.69, 9.17) is 10.2 Å². The van der Waals surface area contributed by atoms with E-state index in [2.05, 4.69) is 21.7 Å². The number of carbonyl (C=O) groups excluding carboxylic acids is 1. The number of nitrogens with two attached hydrogens (primary N) is 1. The summed E-state index contributed by atoms with van der Waals surface area (Å²) in [4.78, 5) is 10.1. The van der Waals surface area contributed by atoms with E-state index >= 15 is 0 Å². The quantitative estimate of drug-likeness (QED) is 0.487. The standard InChI is InChI=1S/C4H8BrNO3/c5-1-2(7)3(8)4(6)9/h2-3,7-8H,1H2,(H2,6,9)/t2-,3+/m1/s1. The molecule has 0 aliphatic heterocycles. The summed E-state index contributed by atoms with van der Waals surface area (Å²) in [6.07, 6.45) is -2.58. The van der Waals surface area contributed by atoms with E-state index in [9.17, 15) is 4.79 Å². The number of aliphatic hydroxyl groups excluding tert-OH is 2. The zero-order valence-electron chi connectivity index (χ0n) is 4.62. The molecule has 0 fully saturated rings. The molecule has 1 amide bonds. The zero-order valence-corrected chi connectivity index (χ0v) is 6.21. The van der Waals surface area contributed by atoms with Crippen molar-refractivity contribution in [3.05, 3.63) is 0 Å². The van der Waals surface area contributed by atoms with Gasteiger partial charge in [-0.15, -0.1) is 0 Å². The van der Waals surface area contributed by atoms with Crippen LogP contribution in [0.25, 0.3) is 0 Å². The van der Waals surface area contributed by atoms with Crippen LogP contribution in [0.1, 0.15) is 0 Å². The number of alkyl halides is 1. The molecule has 0 saturated heterocycles. The fourth-order valence-corrected chi connectivity index (χ4v) is 0.628. The van der Waals surface area contributed by atoms with Crippen molar-refractivity contribution in [2.45, 2.75) is 12.2 Å². The first-order valence-electron chi connectivity index (χ1n) is 2.31. The molecule has 5 heteroatoms. The van der Waals surface area contributed by atoms with Gasteiger partial charge in [0.1, 0.15) is 0 Å². The van der Waals surface area contributed by atoms with Gasteiger partial charge in [-0.05, 0) is 0 Å². The highest BCUT2D eigenvalue weighted by Crippen LogP contribution is 1.95. The van der Waals surface area contributed by atoms with Gasteiger partial charge in [0.2, 0.25) is 5.91 Å². The second kappa shape index (κ2) is 3.81. The van der Waals surface area contributed by atoms with Crippen molar-refractivity contribution < 1.29 is 15.0 Å². The SMILES string of the molecule is NC(=O)[C@@H](O)[C@H](O)CBr. The average molecular weight is 198 g/mol. The second-order valence-electron chi connectivity index (χ2n) is 1.57. The molecule has 0 radical (unpaired) electrons. The number of carbonyl (C=O) groups is 1. The molecule has 0 saturated carbocycles. The molecule has 4 nitrogen and oxygen atoms in total. The minimum absolute atomic E-state index is 0.136. The number of halogens is 1. The first kappa shape index (κ1) is 8.87. The van der Waals surface area contributed by atoms with Crippen LogP contribution in [-0.2, 0) is 4.79 Å². The van der Waals surface area contributed by atoms with E-state index in [1.165, 1.54) is 0 Å². The molecule has 0 aromatic rings. The molecule has 0 unspecified atom stereocenters. The van der Waals surface area contributed by atoms with Gasteiger partial charge in [-0.2, -0.15) is 0 Å². The number of primary amides is 1. The maximum absolute atomic E-state index is 10.1. The lowest BCUT2D eigenvalue weighted by Gasteiger charge is -2.10. The molecular weight excluding hydrogens is 190 g/mol. The third kappa shape index (κ3) is 2.78. The molecule has 4 N–H and O–H groups in total. The predicted molar refractivity (Wildman–Crippen MR) is 35.0 cm³/mol. The Balaban J connectivity index is 3.72. The van der Waals surface area contributed by atoms with Gasteiger partial charge in [0.05, 0.1) is 6.10 Å². The van der Waals surface area contributed by atoms with Gasteiger partial charge in [0.25, 0.3) is 0 Å². The molecule has 0 aliphatic carbocycles. The Kier molecular flexibility index (Phi) is 3.76. The summed E-state index contributed by atoms with van der Waals surface area (Å²) < 4.78 is 0. The normalized spacial score (nSPS) is 16.8. The molecule has 0 rings (SSSR count). The number of hydrogen-bond acceptors (Lipinski definition) is 3. The summed E-state index contributed by atoms with van der Waals surface area (Å²) in [7, 11) is 0. The van der Waals surface area contributed by atoms with Crippen molar-refractivity contribution >= 4 is 21.8 Å². The fourth-order valence-electron chi connectivity index (χ4n) is 0.274. The van der Waals surface area contributed by atoms with Crippen molar-refractivity contribution in [2.24, 2.45) is 5.73 Å². The maximum Gasteiger partial charge on any atom is 0.249 e. The van der Waals surface area contributed by atoms with Gasteiger partial charge in [-0.25, -0.2) is 0 Å². The van der Waals surface area contributed by atoms with Crippen LogP contribution in [0.2, 0.25) is 0 Å². The molecule has 2 atom stereocenters. The highest BCUT2D eigenvalue weighted by Gasteiger charge is 2.19. The number of hydrogen-bond donors (Lipinski definition) is 3. The van der Waals surface area contributed by atoms with Crippen LogP contribution in [0.4, 0.5) is 0 Å². The van der Waals surface area contributed by atoms with E-state index in [0.29, 0.717) is 0 Å². The Labute approximate surface area is 60.8 Å². The molecule has 0 aromatic heterocycles. The van der Waals surface area contributed by atoms with Gasteiger partial charge >= 0.3 is 0 Å². The second-order valence-corrected chi connectivity index (χ2v) is 2.22. The maximum atomic E-state index is 10.1. The van der Waals surface area contributed by atoms with Crippen molar-refractivity contribution in [3.8, 4) is 0 Å². The van der Waals surface area contributed by atoms with Crippen LogP contribution in [-0.4, -0.2) is 33.7 Å². The van der Waals surface area contributed by atoms with E-state index in [-0.39, 0.29) is 5.33 Å². The third-order valence-corrected chi connectivity index (χ3v) is 1.48. The molecule has 0 spiro atoms. The lowest BCUT2D eigenvalue weighted by Crippen LogP contribution is -2.39. The summed E-state index contributed by atoms with van der Waals surface area (Å²) >= 11 is 2.87. The van der Waals surface area contributed by atoms with Crippen molar-refractivity contribution in [1.82, 2.24) is 0 Å². The Hall–Kier alpha value is -0.130. The van der Waals surface area contributed by atoms with E-state index in [1.54, 1.807) is 0 Å². The molecule has 0 bridgehead atoms. The summed E-state index contributed by atoms with van der Waals surface area (Å²) in [6.45, 7) is 0. The number of amides is 1. The molecule has 0 aromatic carbocycles. The first-order valence-corrected chi connectivity index (χ1v) is 3.43. The summed E-state index contributed by atoms with van der Waals surface area (Å²) in [6, 6.07) is 0. The smallest absolute Gasteiger partial charge is 0.249 e. The van der Waals surface area contributed by atoms with Crippen LogP contribution in [0, 0.1) is 0 Å². The predicted octanol–water partition coefficient (Wildman–Crippen LogP) is -1.41. The Morgan fingerprint density at radius 2 is 2.11 bits per heavy atom. The largest absolute Gasteiger partial charge is 0.389 e. The molecule has 0 aliphatic rings. The van der Waals surface area contributed by atoms with E-state index in [1.807, 2.05) is 0 Å². The van der Waals surface area contributed by atoms with E-state index in [0.717, 1.165) is 0 Å². The lowest BCUT2D eigenvalue weighted by molar-refractivity contribution is -0.130. The van der Waals surface area contributed by atoms with Gasteiger partial charge < -0.3 is 15.9 Å². The van der Waals surface area contributed by atoms with Gasteiger partial charge in [0, 0.05) is 5.33 Å². The molecule has 54 valence electrons. The van der Waals surface area contributed by atoms with Crippen molar-refractivity contribution in [2.75, 3.05) is 5.33 Å². The van der Waals surface area contributed by atoms with Crippen LogP contribution in [0.15, 0.2) is 0 Å². The number of rotatable bonds is 3. The Morgan fingerprint density at radius 3 is 2.22 bits per heavy atom. The first-order chi connectivity index (χ1) is 4.09. The molecule has 0 heterocycles. The van der Waals surface area contributed by atoms with Crippen LogP contribution < -0.4 is 5.73 Å². The van der Waals surface area contributed by atoms with Crippen LogP contribution >= 0.6 is 15.9 Å². The lowest BCUT2D eigenvalue weighted by atomic mass is 10.2. The summed E-state index contributed by atoms with van der Waals surface area (Å²) in [5, 5.41) is 17.5. The minimum atomic E-state index is -1.47. The topological polar surface area (TPSA) is 83.6 Å². The molecule has 9 heavy (non-hydrogen) atoms. The molecular formula is C4H8BrNO3. The third-order valence-electron chi connectivity index (χ3n) is 0.814. The van der Waals surface area contributed by atoms with Crippen LogP contribution in [0.3, 0.4) is 0 Å². The zero-order chi connectivity index (χ0) is 7.44. The highest BCUT2D eigenvalue weighted by molar-refractivity contribution is 9.09. The fraction of sp³-hybridized carbons (Fsp3) is 0.750.